The molecule has 0 aliphatic rings. The van der Waals surface area contributed by atoms with Gasteiger partial charge in [0, 0.05) is 4.47 Å². The molecule has 0 aliphatic carbocycles. The summed E-state index contributed by atoms with van der Waals surface area (Å²) in [4.78, 5) is 11.8. The number of amides is 1. The van der Waals surface area contributed by atoms with E-state index in [1.807, 2.05) is 13.0 Å². The predicted octanol–water partition coefficient (Wildman–Crippen LogP) is 4.00. The van der Waals surface area contributed by atoms with E-state index in [0.29, 0.717) is 22.6 Å². The number of para-hydroxylation sites is 2. The van der Waals surface area contributed by atoms with E-state index in [2.05, 4.69) is 21.2 Å². The number of ether oxygens (including phenoxy) is 2. The average Bonchev–Trinajstić information content (AvgIpc) is 2.49. The van der Waals surface area contributed by atoms with E-state index in [1.165, 1.54) is 12.1 Å². The van der Waals surface area contributed by atoms with Gasteiger partial charge in [-0.15, -0.1) is 0 Å². The van der Waals surface area contributed by atoms with E-state index >= 15 is 0 Å². The van der Waals surface area contributed by atoms with Gasteiger partial charge >= 0.3 is 0 Å². The number of carbonyl (C=O) groups is 1. The largest absolute Gasteiger partial charge is 0.490 e. The molecule has 4 nitrogen and oxygen atoms in total. The van der Waals surface area contributed by atoms with Gasteiger partial charge in [-0.2, -0.15) is 0 Å². The van der Waals surface area contributed by atoms with Crippen molar-refractivity contribution < 1.29 is 18.7 Å². The highest BCUT2D eigenvalue weighted by molar-refractivity contribution is 9.10. The Hall–Kier alpha value is -2.08. The minimum Gasteiger partial charge on any atom is -0.490 e. The van der Waals surface area contributed by atoms with Crippen LogP contribution in [0.4, 0.5) is 10.1 Å². The van der Waals surface area contributed by atoms with E-state index in [4.69, 9.17) is 9.47 Å². The van der Waals surface area contributed by atoms with Gasteiger partial charge in [-0.05, 0) is 37.3 Å². The van der Waals surface area contributed by atoms with Crippen molar-refractivity contribution in [2.45, 2.75) is 6.92 Å². The Morgan fingerprint density at radius 3 is 2.50 bits per heavy atom. The zero-order valence-electron chi connectivity index (χ0n) is 11.9. The number of hydrogen-bond acceptors (Lipinski definition) is 3. The third kappa shape index (κ3) is 4.46. The van der Waals surface area contributed by atoms with Crippen LogP contribution in [-0.2, 0) is 4.79 Å². The zero-order valence-corrected chi connectivity index (χ0v) is 13.5. The summed E-state index contributed by atoms with van der Waals surface area (Å²) in [5.74, 6) is 0.0633. The highest BCUT2D eigenvalue weighted by Gasteiger charge is 2.10. The minimum atomic E-state index is -0.516. The lowest BCUT2D eigenvalue weighted by atomic mass is 10.3. The quantitative estimate of drug-likeness (QED) is 0.838. The van der Waals surface area contributed by atoms with Crippen LogP contribution in [0.5, 0.6) is 11.5 Å². The first-order chi connectivity index (χ1) is 10.6. The molecule has 0 saturated carbocycles. The molecule has 0 radical (unpaired) electrons. The van der Waals surface area contributed by atoms with Gasteiger partial charge in [0.05, 0.1) is 12.3 Å². The Morgan fingerprint density at radius 2 is 1.86 bits per heavy atom. The van der Waals surface area contributed by atoms with Crippen molar-refractivity contribution in [1.82, 2.24) is 0 Å². The fourth-order valence-corrected chi connectivity index (χ4v) is 2.10. The second-order valence-electron chi connectivity index (χ2n) is 4.34. The van der Waals surface area contributed by atoms with Crippen molar-refractivity contribution in [3.05, 3.63) is 52.8 Å². The Kier molecular flexibility index (Phi) is 5.77. The van der Waals surface area contributed by atoms with E-state index in [9.17, 15) is 9.18 Å². The average molecular weight is 368 g/mol. The first-order valence-corrected chi connectivity index (χ1v) is 7.49. The number of carbonyl (C=O) groups excluding carboxylic acids is 1. The van der Waals surface area contributed by atoms with Crippen molar-refractivity contribution >= 4 is 27.5 Å². The Morgan fingerprint density at radius 1 is 1.18 bits per heavy atom. The molecule has 0 fully saturated rings. The molecule has 1 amide bonds. The van der Waals surface area contributed by atoms with E-state index in [1.54, 1.807) is 24.3 Å². The highest BCUT2D eigenvalue weighted by atomic mass is 79.9. The minimum absolute atomic E-state index is 0.106. The van der Waals surface area contributed by atoms with Gasteiger partial charge in [-0.3, -0.25) is 4.79 Å². The topological polar surface area (TPSA) is 47.6 Å². The molecular formula is C16H15BrFNO3. The number of nitrogens with one attached hydrogen (secondary N) is 1. The van der Waals surface area contributed by atoms with E-state index in [0.717, 1.165) is 0 Å². The maximum atomic E-state index is 13.6. The van der Waals surface area contributed by atoms with Crippen LogP contribution >= 0.6 is 15.9 Å². The monoisotopic (exact) mass is 367 g/mol. The van der Waals surface area contributed by atoms with Crippen LogP contribution in [0, 0.1) is 5.82 Å². The smallest absolute Gasteiger partial charge is 0.262 e. The Balaban J connectivity index is 1.95. The number of benzene rings is 2. The lowest BCUT2D eigenvalue weighted by Gasteiger charge is -2.12. The molecule has 0 aromatic heterocycles. The third-order valence-electron chi connectivity index (χ3n) is 2.71. The van der Waals surface area contributed by atoms with Gasteiger partial charge in [0.2, 0.25) is 0 Å². The SMILES string of the molecule is CCOc1ccccc1OCC(=O)Nc1ccc(Br)cc1F. The van der Waals surface area contributed by atoms with Crippen molar-refractivity contribution in [3.8, 4) is 11.5 Å². The predicted molar refractivity (Wildman–Crippen MR) is 85.8 cm³/mol. The maximum absolute atomic E-state index is 13.6. The number of hydrogen-bond donors (Lipinski definition) is 1. The maximum Gasteiger partial charge on any atom is 0.262 e. The van der Waals surface area contributed by atoms with Gasteiger partial charge in [0.25, 0.3) is 5.91 Å². The summed E-state index contributed by atoms with van der Waals surface area (Å²) in [5.41, 5.74) is 0.106. The summed E-state index contributed by atoms with van der Waals surface area (Å²) < 4.78 is 25.1. The molecule has 0 heterocycles. The first-order valence-electron chi connectivity index (χ1n) is 6.69. The van der Waals surface area contributed by atoms with Crippen molar-refractivity contribution in [2.75, 3.05) is 18.5 Å². The molecule has 0 atom stereocenters. The van der Waals surface area contributed by atoms with Crippen LogP contribution in [-0.4, -0.2) is 19.1 Å². The first kappa shape index (κ1) is 16.3. The molecule has 0 saturated heterocycles. The zero-order chi connectivity index (χ0) is 15.9. The Bertz CT molecular complexity index is 664. The summed E-state index contributed by atoms with van der Waals surface area (Å²) in [5, 5.41) is 2.46. The van der Waals surface area contributed by atoms with Gasteiger partial charge in [0.1, 0.15) is 5.82 Å². The van der Waals surface area contributed by atoms with Gasteiger partial charge in [-0.25, -0.2) is 4.39 Å². The lowest BCUT2D eigenvalue weighted by Crippen LogP contribution is -2.21. The molecule has 22 heavy (non-hydrogen) atoms. The lowest BCUT2D eigenvalue weighted by molar-refractivity contribution is -0.118. The summed E-state index contributed by atoms with van der Waals surface area (Å²) in [7, 11) is 0. The van der Waals surface area contributed by atoms with Crippen LogP contribution in [0.25, 0.3) is 0 Å². The molecule has 1 N–H and O–H groups in total. The molecule has 6 heteroatoms. The highest BCUT2D eigenvalue weighted by Crippen LogP contribution is 2.26. The van der Waals surface area contributed by atoms with Crippen LogP contribution in [0.1, 0.15) is 6.92 Å². The van der Waals surface area contributed by atoms with Crippen LogP contribution < -0.4 is 14.8 Å². The second kappa shape index (κ2) is 7.79. The second-order valence-corrected chi connectivity index (χ2v) is 5.26. The van der Waals surface area contributed by atoms with Gasteiger partial charge in [-0.1, -0.05) is 28.1 Å². The van der Waals surface area contributed by atoms with Gasteiger partial charge < -0.3 is 14.8 Å². The summed E-state index contributed by atoms with van der Waals surface area (Å²) in [6.07, 6.45) is 0. The van der Waals surface area contributed by atoms with Crippen molar-refractivity contribution in [1.29, 1.82) is 0 Å². The molecule has 0 unspecified atom stereocenters. The number of anilines is 1. The van der Waals surface area contributed by atoms with Crippen molar-refractivity contribution in [3.63, 3.8) is 0 Å². The fourth-order valence-electron chi connectivity index (χ4n) is 1.76. The van der Waals surface area contributed by atoms with Crippen molar-refractivity contribution in [2.24, 2.45) is 0 Å². The van der Waals surface area contributed by atoms with Gasteiger partial charge in [0.15, 0.2) is 18.1 Å². The fraction of sp³-hybridized carbons (Fsp3) is 0.188. The molecule has 2 aromatic carbocycles. The molecule has 0 spiro atoms. The number of halogens is 2. The van der Waals surface area contributed by atoms with Crippen LogP contribution in [0.3, 0.4) is 0 Å². The third-order valence-corrected chi connectivity index (χ3v) is 3.21. The Labute approximate surface area is 136 Å². The molecular weight excluding hydrogens is 353 g/mol. The summed E-state index contributed by atoms with van der Waals surface area (Å²) in [6.45, 7) is 2.12. The summed E-state index contributed by atoms with van der Waals surface area (Å²) in [6, 6.07) is 11.5. The number of rotatable bonds is 6. The molecule has 2 rings (SSSR count). The van der Waals surface area contributed by atoms with Crippen LogP contribution in [0.2, 0.25) is 0 Å². The van der Waals surface area contributed by atoms with E-state index in [-0.39, 0.29) is 12.3 Å². The summed E-state index contributed by atoms with van der Waals surface area (Å²) >= 11 is 3.16. The van der Waals surface area contributed by atoms with Crippen LogP contribution in [0.15, 0.2) is 46.9 Å². The standard InChI is InChI=1S/C16H15BrFNO3/c1-2-21-14-5-3-4-6-15(14)22-10-16(20)19-13-8-7-11(17)9-12(13)18/h3-9H,2,10H2,1H3,(H,19,20). The molecule has 2 aromatic rings. The normalized spacial score (nSPS) is 10.1. The van der Waals surface area contributed by atoms with E-state index < -0.39 is 11.7 Å². The molecule has 0 aliphatic heterocycles. The molecule has 116 valence electrons. The molecule has 0 bridgehead atoms.